The van der Waals surface area contributed by atoms with Gasteiger partial charge in [0.1, 0.15) is 5.75 Å². The summed E-state index contributed by atoms with van der Waals surface area (Å²) in [5.74, 6) is 0.383. The molecule has 0 radical (unpaired) electrons. The van der Waals surface area contributed by atoms with Crippen molar-refractivity contribution in [1.82, 2.24) is 0 Å². The zero-order chi connectivity index (χ0) is 19.2. The van der Waals surface area contributed by atoms with Gasteiger partial charge in [0.05, 0.1) is 0 Å². The Hall–Kier alpha value is -3.40. The van der Waals surface area contributed by atoms with Crippen molar-refractivity contribution >= 4 is 17.4 Å². The average Bonchev–Trinajstić information content (AvgIpc) is 2.70. The Kier molecular flexibility index (Phi) is 5.67. The van der Waals surface area contributed by atoms with Gasteiger partial charge in [-0.15, -0.1) is 0 Å². The molecule has 0 aromatic heterocycles. The third-order valence-corrected chi connectivity index (χ3v) is 4.22. The maximum absolute atomic E-state index is 12.4. The maximum atomic E-state index is 12.4. The lowest BCUT2D eigenvalue weighted by atomic mass is 10.0. The van der Waals surface area contributed by atoms with E-state index in [1.807, 2.05) is 49.4 Å². The lowest BCUT2D eigenvalue weighted by Gasteiger charge is -2.16. The van der Waals surface area contributed by atoms with Gasteiger partial charge in [-0.25, -0.2) is 0 Å². The van der Waals surface area contributed by atoms with E-state index in [2.05, 4.69) is 5.32 Å². The first-order valence-electron chi connectivity index (χ1n) is 8.77. The van der Waals surface area contributed by atoms with Gasteiger partial charge in [0.25, 0.3) is 5.91 Å². The molecule has 0 spiro atoms. The Labute approximate surface area is 158 Å². The summed E-state index contributed by atoms with van der Waals surface area (Å²) in [4.78, 5) is 24.8. The van der Waals surface area contributed by atoms with Crippen molar-refractivity contribution in [3.8, 4) is 5.75 Å². The first-order valence-corrected chi connectivity index (χ1v) is 8.77. The highest BCUT2D eigenvalue weighted by Gasteiger charge is 2.16. The second-order valence-corrected chi connectivity index (χ2v) is 6.29. The molecule has 0 bridgehead atoms. The molecule has 0 aliphatic heterocycles. The van der Waals surface area contributed by atoms with Crippen LogP contribution in [0.3, 0.4) is 0 Å². The monoisotopic (exact) mass is 359 g/mol. The number of carbonyl (C=O) groups is 2. The molecule has 136 valence electrons. The summed E-state index contributed by atoms with van der Waals surface area (Å²) in [5, 5.41) is 2.81. The topological polar surface area (TPSA) is 55.4 Å². The van der Waals surface area contributed by atoms with E-state index in [9.17, 15) is 9.59 Å². The molecule has 1 N–H and O–H groups in total. The number of hydrogen-bond donors (Lipinski definition) is 1. The predicted molar refractivity (Wildman–Crippen MR) is 106 cm³/mol. The zero-order valence-corrected chi connectivity index (χ0v) is 15.3. The molecular weight excluding hydrogens is 338 g/mol. The standard InChI is InChI=1S/C23H21NO3/c1-16-8-6-7-11-21(16)27-17(2)23(26)24-20-14-12-19(13-15-20)22(25)18-9-4-3-5-10-18/h3-15,17H,1-2H3,(H,24,26). The fourth-order valence-electron chi connectivity index (χ4n) is 2.64. The molecule has 4 nitrogen and oxygen atoms in total. The number of benzene rings is 3. The molecule has 0 fully saturated rings. The molecule has 3 aromatic carbocycles. The molecule has 1 unspecified atom stereocenters. The number of nitrogens with one attached hydrogen (secondary N) is 1. The van der Waals surface area contributed by atoms with Crippen LogP contribution in [0.4, 0.5) is 5.69 Å². The molecule has 0 saturated carbocycles. The van der Waals surface area contributed by atoms with Gasteiger partial charge in [-0.3, -0.25) is 9.59 Å². The van der Waals surface area contributed by atoms with Gasteiger partial charge in [0, 0.05) is 16.8 Å². The van der Waals surface area contributed by atoms with Crippen LogP contribution in [-0.4, -0.2) is 17.8 Å². The highest BCUT2D eigenvalue weighted by atomic mass is 16.5. The van der Waals surface area contributed by atoms with Crippen LogP contribution in [-0.2, 0) is 4.79 Å². The van der Waals surface area contributed by atoms with E-state index in [-0.39, 0.29) is 11.7 Å². The highest BCUT2D eigenvalue weighted by Crippen LogP contribution is 2.19. The fourth-order valence-corrected chi connectivity index (χ4v) is 2.64. The number of para-hydroxylation sites is 1. The Morgan fingerprint density at radius 3 is 2.07 bits per heavy atom. The molecule has 3 aromatic rings. The Morgan fingerprint density at radius 2 is 1.41 bits per heavy atom. The van der Waals surface area contributed by atoms with Crippen molar-refractivity contribution in [2.45, 2.75) is 20.0 Å². The summed E-state index contributed by atoms with van der Waals surface area (Å²) in [6, 6.07) is 23.5. The number of ketones is 1. The van der Waals surface area contributed by atoms with Gasteiger partial charge in [-0.1, -0.05) is 48.5 Å². The van der Waals surface area contributed by atoms with Crippen molar-refractivity contribution in [1.29, 1.82) is 0 Å². The normalized spacial score (nSPS) is 11.5. The van der Waals surface area contributed by atoms with Crippen LogP contribution in [0.5, 0.6) is 5.75 Å². The molecule has 1 atom stereocenters. The van der Waals surface area contributed by atoms with Gasteiger partial charge in [0.15, 0.2) is 11.9 Å². The summed E-state index contributed by atoms with van der Waals surface area (Å²) in [5.41, 5.74) is 2.80. The van der Waals surface area contributed by atoms with Gasteiger partial charge < -0.3 is 10.1 Å². The molecule has 0 aliphatic carbocycles. The smallest absolute Gasteiger partial charge is 0.265 e. The van der Waals surface area contributed by atoms with E-state index in [1.54, 1.807) is 43.3 Å². The molecule has 4 heteroatoms. The lowest BCUT2D eigenvalue weighted by molar-refractivity contribution is -0.122. The summed E-state index contributed by atoms with van der Waals surface area (Å²) in [6.45, 7) is 3.64. The average molecular weight is 359 g/mol. The van der Waals surface area contributed by atoms with Crippen molar-refractivity contribution in [3.05, 3.63) is 95.6 Å². The van der Waals surface area contributed by atoms with Crippen LogP contribution in [0, 0.1) is 6.92 Å². The van der Waals surface area contributed by atoms with Crippen molar-refractivity contribution in [2.75, 3.05) is 5.32 Å². The van der Waals surface area contributed by atoms with Crippen LogP contribution >= 0.6 is 0 Å². The predicted octanol–water partition coefficient (Wildman–Crippen LogP) is 4.63. The van der Waals surface area contributed by atoms with Crippen LogP contribution in [0.1, 0.15) is 28.4 Å². The van der Waals surface area contributed by atoms with Crippen molar-refractivity contribution < 1.29 is 14.3 Å². The lowest BCUT2D eigenvalue weighted by Crippen LogP contribution is -2.30. The second kappa shape index (κ2) is 8.32. The van der Waals surface area contributed by atoms with E-state index < -0.39 is 6.10 Å². The van der Waals surface area contributed by atoms with E-state index >= 15 is 0 Å². The van der Waals surface area contributed by atoms with Crippen LogP contribution in [0.2, 0.25) is 0 Å². The summed E-state index contributed by atoms with van der Waals surface area (Å²) < 4.78 is 5.73. The van der Waals surface area contributed by atoms with Gasteiger partial charge >= 0.3 is 0 Å². The second-order valence-electron chi connectivity index (χ2n) is 6.29. The summed E-state index contributed by atoms with van der Waals surface area (Å²) >= 11 is 0. The highest BCUT2D eigenvalue weighted by molar-refractivity contribution is 6.09. The summed E-state index contributed by atoms with van der Waals surface area (Å²) in [7, 11) is 0. The maximum Gasteiger partial charge on any atom is 0.265 e. The minimum absolute atomic E-state index is 0.0512. The third-order valence-electron chi connectivity index (χ3n) is 4.22. The largest absolute Gasteiger partial charge is 0.481 e. The number of ether oxygens (including phenoxy) is 1. The number of rotatable bonds is 6. The molecular formula is C23H21NO3. The SMILES string of the molecule is Cc1ccccc1OC(C)C(=O)Nc1ccc(C(=O)c2ccccc2)cc1. The Morgan fingerprint density at radius 1 is 0.815 bits per heavy atom. The first kappa shape index (κ1) is 18.4. The van der Waals surface area contributed by atoms with E-state index in [0.717, 1.165) is 5.56 Å². The molecule has 27 heavy (non-hydrogen) atoms. The van der Waals surface area contributed by atoms with E-state index in [1.165, 1.54) is 0 Å². The number of aryl methyl sites for hydroxylation is 1. The van der Waals surface area contributed by atoms with Gasteiger partial charge in [-0.2, -0.15) is 0 Å². The minimum Gasteiger partial charge on any atom is -0.481 e. The Bertz CT molecular complexity index is 933. The Balaban J connectivity index is 1.63. The molecule has 0 heterocycles. The molecule has 1 amide bonds. The molecule has 0 saturated heterocycles. The number of amides is 1. The van der Waals surface area contributed by atoms with E-state index in [4.69, 9.17) is 4.74 Å². The number of hydrogen-bond acceptors (Lipinski definition) is 3. The minimum atomic E-state index is -0.642. The van der Waals surface area contributed by atoms with Gasteiger partial charge in [0.2, 0.25) is 0 Å². The van der Waals surface area contributed by atoms with Crippen LogP contribution in [0.15, 0.2) is 78.9 Å². The van der Waals surface area contributed by atoms with Gasteiger partial charge in [-0.05, 0) is 49.7 Å². The first-order chi connectivity index (χ1) is 13.0. The van der Waals surface area contributed by atoms with E-state index in [0.29, 0.717) is 22.6 Å². The summed E-state index contributed by atoms with van der Waals surface area (Å²) in [6.07, 6.45) is -0.642. The third kappa shape index (κ3) is 4.61. The number of carbonyl (C=O) groups excluding carboxylic acids is 2. The zero-order valence-electron chi connectivity index (χ0n) is 15.3. The molecule has 3 rings (SSSR count). The van der Waals surface area contributed by atoms with Crippen LogP contribution in [0.25, 0.3) is 0 Å². The fraction of sp³-hybridized carbons (Fsp3) is 0.130. The van der Waals surface area contributed by atoms with Crippen molar-refractivity contribution in [2.24, 2.45) is 0 Å². The quantitative estimate of drug-likeness (QED) is 0.653. The molecule has 0 aliphatic rings. The van der Waals surface area contributed by atoms with Crippen molar-refractivity contribution in [3.63, 3.8) is 0 Å². The number of anilines is 1. The van der Waals surface area contributed by atoms with Crippen LogP contribution < -0.4 is 10.1 Å².